The van der Waals surface area contributed by atoms with Crippen molar-refractivity contribution >= 4 is 11.3 Å². The molecule has 1 fully saturated rings. The van der Waals surface area contributed by atoms with Crippen LogP contribution in [0.15, 0.2) is 210 Å². The third-order valence-corrected chi connectivity index (χ3v) is 15.3. The van der Waals surface area contributed by atoms with Gasteiger partial charge in [-0.15, -0.1) is 0 Å². The molecule has 11 rings (SSSR count). The number of nitrogens with zero attached hydrogens (tertiary/aromatic N) is 1. The van der Waals surface area contributed by atoms with Gasteiger partial charge in [0.05, 0.1) is 22.2 Å². The lowest BCUT2D eigenvalue weighted by molar-refractivity contribution is 0.153. The van der Waals surface area contributed by atoms with Crippen LogP contribution in [0.4, 0.5) is 0 Å². The molecule has 1 aromatic heterocycles. The fourth-order valence-electron chi connectivity index (χ4n) is 12.8. The van der Waals surface area contributed by atoms with Crippen molar-refractivity contribution in [1.29, 1.82) is 0 Å². The van der Waals surface area contributed by atoms with E-state index in [0.717, 1.165) is 22.7 Å². The molecular weight excluding hydrogens is 761 g/mol. The molecule has 0 amide bonds. The molecule has 1 aliphatic heterocycles. The highest BCUT2D eigenvalue weighted by Crippen LogP contribution is 2.61. The minimum absolute atomic E-state index is 0.368. The van der Waals surface area contributed by atoms with Crippen molar-refractivity contribution in [3.63, 3.8) is 0 Å². The molecule has 0 radical (unpaired) electrons. The Morgan fingerprint density at radius 1 is 0.587 bits per heavy atom. The molecule has 1 saturated carbocycles. The van der Waals surface area contributed by atoms with E-state index in [4.69, 9.17) is 4.99 Å². The van der Waals surface area contributed by atoms with Crippen molar-refractivity contribution in [1.82, 2.24) is 4.98 Å². The SMILES string of the molecule is Cc1cc(C)c(/C(=C2\C=CC(C(c3ccccc3)(c3ccccc3)c3ccccc3)=N2)c2ccc(C(c3ccccc3)(c3ccccc3)[C@H]3CC4CC5=C4C[C@@H]3CCC5)[nH]2)c(C)c1. The maximum Gasteiger partial charge on any atom is 0.0874 e. The van der Waals surface area contributed by atoms with Gasteiger partial charge < -0.3 is 4.98 Å². The average molecular weight is 817 g/mol. The van der Waals surface area contributed by atoms with Crippen LogP contribution >= 0.6 is 0 Å². The van der Waals surface area contributed by atoms with E-state index in [1.54, 1.807) is 5.57 Å². The maximum atomic E-state index is 5.85. The quantitative estimate of drug-likeness (QED) is 0.105. The number of H-pyrrole nitrogens is 1. The van der Waals surface area contributed by atoms with Crippen molar-refractivity contribution < 1.29 is 0 Å². The third-order valence-electron chi connectivity index (χ3n) is 15.3. The van der Waals surface area contributed by atoms with E-state index in [2.05, 4.69) is 214 Å². The number of aromatic nitrogens is 1. The molecule has 3 aliphatic carbocycles. The normalized spacial score (nSPS) is 20.2. The summed E-state index contributed by atoms with van der Waals surface area (Å²) in [7, 11) is 0. The number of hydrogen-bond acceptors (Lipinski definition) is 1. The molecule has 0 saturated heterocycles. The van der Waals surface area contributed by atoms with Crippen LogP contribution in [0.5, 0.6) is 0 Å². The van der Waals surface area contributed by atoms with Gasteiger partial charge in [0.25, 0.3) is 0 Å². The minimum atomic E-state index is -0.643. The predicted octanol–water partition coefficient (Wildman–Crippen LogP) is 14.6. The van der Waals surface area contributed by atoms with E-state index in [1.807, 2.05) is 5.57 Å². The number of aliphatic imine (C=N–C) groups is 1. The Kier molecular flexibility index (Phi) is 9.99. The molecule has 0 spiro atoms. The first kappa shape index (κ1) is 39.3. The van der Waals surface area contributed by atoms with Crippen LogP contribution in [0, 0.1) is 38.5 Å². The monoisotopic (exact) mass is 816 g/mol. The lowest BCUT2D eigenvalue weighted by Gasteiger charge is -2.52. The predicted molar refractivity (Wildman–Crippen MR) is 261 cm³/mol. The Morgan fingerprint density at radius 3 is 1.65 bits per heavy atom. The Bertz CT molecular complexity index is 2750. The van der Waals surface area contributed by atoms with Gasteiger partial charge in [0.15, 0.2) is 0 Å². The highest BCUT2D eigenvalue weighted by molar-refractivity contribution is 6.12. The standard InChI is InChI=1S/C61H56N2/c1-41-36-42(2)58(43(3)37-41)59(54-32-34-56(62-54)60(47-22-9-4-10-23-47,48-24-11-5-12-25-48)49-26-13-6-14-27-49)55-33-35-57(63-55)61(50-28-15-7-16-29-50,51-30-17-8-18-31-51)53-40-46-38-44-20-19-21-45(53)39-52(44)46/h4-18,22-37,45-46,53,63H,19-21,38-40H2,1-3H3/b59-54+/t45-,46?,53-/m0/s1. The molecular formula is C61H56N2. The largest absolute Gasteiger partial charge is 0.357 e. The molecule has 2 heteroatoms. The zero-order valence-corrected chi connectivity index (χ0v) is 36.8. The smallest absolute Gasteiger partial charge is 0.0874 e. The van der Waals surface area contributed by atoms with E-state index in [1.165, 1.54) is 94.3 Å². The van der Waals surface area contributed by atoms with Gasteiger partial charge in [-0.1, -0.05) is 181 Å². The summed E-state index contributed by atoms with van der Waals surface area (Å²) in [5.41, 5.74) is 19.5. The van der Waals surface area contributed by atoms with Gasteiger partial charge in [0.1, 0.15) is 0 Å². The molecule has 310 valence electrons. The van der Waals surface area contributed by atoms with Crippen molar-refractivity contribution in [3.05, 3.63) is 266 Å². The number of nitrogens with one attached hydrogen (secondary N) is 1. The first-order valence-electron chi connectivity index (χ1n) is 23.2. The minimum Gasteiger partial charge on any atom is -0.357 e. The van der Waals surface area contributed by atoms with Crippen molar-refractivity contribution in [3.8, 4) is 0 Å². The second-order valence-corrected chi connectivity index (χ2v) is 18.8. The molecule has 2 bridgehead atoms. The summed E-state index contributed by atoms with van der Waals surface area (Å²) in [4.78, 5) is 10.1. The second kappa shape index (κ2) is 16.0. The Balaban J connectivity index is 1.17. The van der Waals surface area contributed by atoms with Crippen molar-refractivity contribution in [2.75, 3.05) is 0 Å². The zero-order chi connectivity index (χ0) is 42.5. The fraction of sp³-hybridized carbons (Fsp3) is 0.230. The van der Waals surface area contributed by atoms with Gasteiger partial charge in [-0.05, 0) is 146 Å². The lowest BCUT2D eigenvalue weighted by Crippen LogP contribution is -2.46. The summed E-state index contributed by atoms with van der Waals surface area (Å²) in [6, 6.07) is 65.3. The molecule has 2 nitrogen and oxygen atoms in total. The summed E-state index contributed by atoms with van der Waals surface area (Å²) in [6.07, 6.45) is 12.2. The van der Waals surface area contributed by atoms with Crippen molar-refractivity contribution in [2.24, 2.45) is 22.7 Å². The summed E-state index contributed by atoms with van der Waals surface area (Å²) in [5.74, 6) is 1.76. The summed E-state index contributed by atoms with van der Waals surface area (Å²) in [5, 5.41) is 0. The van der Waals surface area contributed by atoms with E-state index in [-0.39, 0.29) is 5.41 Å². The van der Waals surface area contributed by atoms with Gasteiger partial charge >= 0.3 is 0 Å². The number of benzene rings is 6. The van der Waals surface area contributed by atoms with Gasteiger partial charge in [0.2, 0.25) is 0 Å². The van der Waals surface area contributed by atoms with E-state index >= 15 is 0 Å². The van der Waals surface area contributed by atoms with Gasteiger partial charge in [-0.2, -0.15) is 0 Å². The zero-order valence-electron chi connectivity index (χ0n) is 36.8. The van der Waals surface area contributed by atoms with Crippen LogP contribution in [-0.2, 0) is 10.8 Å². The van der Waals surface area contributed by atoms with Gasteiger partial charge in [-0.25, -0.2) is 0 Å². The topological polar surface area (TPSA) is 28.1 Å². The van der Waals surface area contributed by atoms with Crippen LogP contribution < -0.4 is 0 Å². The lowest BCUT2D eigenvalue weighted by atomic mass is 9.52. The molecule has 63 heavy (non-hydrogen) atoms. The number of aromatic amines is 1. The molecule has 6 aromatic carbocycles. The highest BCUT2D eigenvalue weighted by Gasteiger charge is 2.53. The molecule has 1 N–H and O–H groups in total. The van der Waals surface area contributed by atoms with Crippen LogP contribution in [0.1, 0.15) is 100.0 Å². The van der Waals surface area contributed by atoms with Gasteiger partial charge in [0, 0.05) is 17.0 Å². The second-order valence-electron chi connectivity index (χ2n) is 18.8. The highest BCUT2D eigenvalue weighted by atomic mass is 14.8. The number of rotatable bonds is 10. The molecule has 2 heterocycles. The van der Waals surface area contributed by atoms with E-state index < -0.39 is 5.41 Å². The Labute approximate surface area is 373 Å². The van der Waals surface area contributed by atoms with Gasteiger partial charge in [-0.3, -0.25) is 4.99 Å². The van der Waals surface area contributed by atoms with E-state index in [9.17, 15) is 0 Å². The van der Waals surface area contributed by atoms with E-state index in [0.29, 0.717) is 17.8 Å². The summed E-state index contributed by atoms with van der Waals surface area (Å²) < 4.78 is 0. The number of aryl methyl sites for hydroxylation is 3. The Hall–Kier alpha value is -6.51. The molecule has 1 unspecified atom stereocenters. The maximum absolute atomic E-state index is 5.85. The number of allylic oxidation sites excluding steroid dienone is 4. The third kappa shape index (κ3) is 6.40. The van der Waals surface area contributed by atoms with Crippen molar-refractivity contribution in [2.45, 2.75) is 70.1 Å². The first-order chi connectivity index (χ1) is 31.0. The number of fused-ring (bicyclic) bond motifs is 1. The van der Waals surface area contributed by atoms with Crippen LogP contribution in [-0.4, -0.2) is 10.7 Å². The van der Waals surface area contributed by atoms with Crippen LogP contribution in [0.2, 0.25) is 0 Å². The molecule has 4 aliphatic rings. The molecule has 3 atom stereocenters. The Morgan fingerprint density at radius 2 is 1.11 bits per heavy atom. The van der Waals surface area contributed by atoms with Crippen LogP contribution in [0.3, 0.4) is 0 Å². The molecule has 7 aromatic rings. The first-order valence-corrected chi connectivity index (χ1v) is 23.2. The summed E-state index contributed by atoms with van der Waals surface area (Å²) in [6.45, 7) is 6.76. The average Bonchev–Trinajstić information content (AvgIpc) is 4.00. The van der Waals surface area contributed by atoms with Crippen LogP contribution in [0.25, 0.3) is 5.57 Å². The fourth-order valence-corrected chi connectivity index (χ4v) is 12.8. The summed E-state index contributed by atoms with van der Waals surface area (Å²) >= 11 is 0. The number of hydrogen-bond donors (Lipinski definition) is 1.